The van der Waals surface area contributed by atoms with Gasteiger partial charge in [0.2, 0.25) is 0 Å². The van der Waals surface area contributed by atoms with Crippen LogP contribution in [0.1, 0.15) is 62.2 Å². The topological polar surface area (TPSA) is 159 Å². The Labute approximate surface area is 238 Å². The van der Waals surface area contributed by atoms with Crippen molar-refractivity contribution >= 4 is 46.8 Å². The SMILES string of the molecule is CC(CC(=O)OCCCCCCNCC(O)c1cc(Cl)c(N)c(Cl)c1)c1ccccc1.O=C(O)/C=C\C(=O)O. The number of carboxylic acid groups (broad SMARTS) is 2. The third-order valence-electron chi connectivity index (χ3n) is 5.54. The van der Waals surface area contributed by atoms with Crippen molar-refractivity contribution in [3.63, 3.8) is 0 Å². The zero-order valence-corrected chi connectivity index (χ0v) is 23.3. The molecule has 0 aliphatic rings. The van der Waals surface area contributed by atoms with Crippen molar-refractivity contribution in [1.82, 2.24) is 5.32 Å². The first-order chi connectivity index (χ1) is 18.5. The predicted molar refractivity (Wildman–Crippen MR) is 152 cm³/mol. The maximum Gasteiger partial charge on any atom is 0.328 e. The molecular formula is C28H36Cl2N2O7. The average Bonchev–Trinajstić information content (AvgIpc) is 2.90. The van der Waals surface area contributed by atoms with Gasteiger partial charge in [-0.1, -0.05) is 73.3 Å². The van der Waals surface area contributed by atoms with Crippen molar-refractivity contribution in [3.8, 4) is 0 Å². The van der Waals surface area contributed by atoms with Crippen LogP contribution >= 0.6 is 23.2 Å². The number of unbranched alkanes of at least 4 members (excludes halogenated alkanes) is 3. The van der Waals surface area contributed by atoms with E-state index in [2.05, 4.69) is 5.32 Å². The number of aliphatic hydroxyl groups excluding tert-OH is 1. The summed E-state index contributed by atoms with van der Waals surface area (Å²) >= 11 is 12.0. The summed E-state index contributed by atoms with van der Waals surface area (Å²) in [5, 5.41) is 29.8. The number of rotatable bonds is 15. The summed E-state index contributed by atoms with van der Waals surface area (Å²) in [5.74, 6) is -2.50. The highest BCUT2D eigenvalue weighted by molar-refractivity contribution is 6.38. The number of carboxylic acids is 2. The summed E-state index contributed by atoms with van der Waals surface area (Å²) < 4.78 is 5.35. The van der Waals surface area contributed by atoms with Crippen LogP contribution in [-0.2, 0) is 19.1 Å². The van der Waals surface area contributed by atoms with Gasteiger partial charge in [-0.15, -0.1) is 0 Å². The second kappa shape index (κ2) is 19.0. The van der Waals surface area contributed by atoms with Gasteiger partial charge in [0.1, 0.15) is 0 Å². The number of ether oxygens (including phenoxy) is 1. The molecule has 0 aliphatic carbocycles. The summed E-state index contributed by atoms with van der Waals surface area (Å²) in [7, 11) is 0. The smallest absolute Gasteiger partial charge is 0.328 e. The second-order valence-electron chi connectivity index (χ2n) is 8.78. The van der Waals surface area contributed by atoms with Crippen LogP contribution in [0.2, 0.25) is 10.0 Å². The van der Waals surface area contributed by atoms with Gasteiger partial charge < -0.3 is 31.1 Å². The monoisotopic (exact) mass is 582 g/mol. The van der Waals surface area contributed by atoms with E-state index in [1.165, 1.54) is 0 Å². The minimum absolute atomic E-state index is 0.144. The van der Waals surface area contributed by atoms with E-state index >= 15 is 0 Å². The Hall–Kier alpha value is -3.11. The predicted octanol–water partition coefficient (Wildman–Crippen LogP) is 5.21. The van der Waals surface area contributed by atoms with Crippen molar-refractivity contribution in [2.75, 3.05) is 25.4 Å². The highest BCUT2D eigenvalue weighted by Crippen LogP contribution is 2.31. The number of hydrogen-bond acceptors (Lipinski definition) is 7. The zero-order chi connectivity index (χ0) is 29.2. The van der Waals surface area contributed by atoms with E-state index in [0.717, 1.165) is 37.8 Å². The van der Waals surface area contributed by atoms with Crippen LogP contribution in [0, 0.1) is 0 Å². The molecule has 39 heavy (non-hydrogen) atoms. The number of hydrogen-bond donors (Lipinski definition) is 5. The fraction of sp³-hybridized carbons (Fsp3) is 0.393. The molecule has 2 rings (SSSR count). The fourth-order valence-corrected chi connectivity index (χ4v) is 3.90. The van der Waals surface area contributed by atoms with Crippen molar-refractivity contribution in [1.29, 1.82) is 0 Å². The van der Waals surface area contributed by atoms with Gasteiger partial charge in [-0.25, -0.2) is 9.59 Å². The maximum atomic E-state index is 12.0. The Balaban J connectivity index is 0.000000824. The normalized spacial score (nSPS) is 12.3. The summed E-state index contributed by atoms with van der Waals surface area (Å²) in [6.07, 6.45) is 4.68. The number of nitrogens with two attached hydrogens (primary N) is 1. The lowest BCUT2D eigenvalue weighted by molar-refractivity contribution is -0.144. The minimum atomic E-state index is -1.26. The van der Waals surface area contributed by atoms with Crippen LogP contribution in [0.4, 0.5) is 5.69 Å². The molecular weight excluding hydrogens is 547 g/mol. The zero-order valence-electron chi connectivity index (χ0n) is 21.8. The van der Waals surface area contributed by atoms with Crippen molar-refractivity contribution in [3.05, 3.63) is 75.8 Å². The summed E-state index contributed by atoms with van der Waals surface area (Å²) in [5.41, 5.74) is 7.83. The number of aliphatic hydroxyl groups is 1. The van der Waals surface area contributed by atoms with Crippen molar-refractivity contribution < 1.29 is 34.4 Å². The van der Waals surface area contributed by atoms with Gasteiger partial charge >= 0.3 is 17.9 Å². The molecule has 0 amide bonds. The van der Waals surface area contributed by atoms with Crippen LogP contribution in [0.25, 0.3) is 0 Å². The van der Waals surface area contributed by atoms with Crippen LogP contribution < -0.4 is 11.1 Å². The van der Waals surface area contributed by atoms with Gasteiger partial charge in [-0.2, -0.15) is 0 Å². The van der Waals surface area contributed by atoms with E-state index in [9.17, 15) is 19.5 Å². The van der Waals surface area contributed by atoms with E-state index in [1.807, 2.05) is 37.3 Å². The van der Waals surface area contributed by atoms with Crippen molar-refractivity contribution in [2.45, 2.75) is 51.0 Å². The standard InChI is InChI=1S/C24H32Cl2N2O3.C4H4O4/c1-17(18-9-5-4-6-10-18)13-23(30)31-12-8-3-2-7-11-28-16-22(29)19-14-20(25)24(27)21(26)15-19;5-3(6)1-2-4(7)8/h4-6,9-10,14-15,17,22,28-29H,2-3,7-8,11-13,16,27H2,1H3;1-2H,(H,5,6)(H,7,8)/b;2-1-. The molecule has 2 unspecified atom stereocenters. The number of aliphatic carboxylic acids is 2. The van der Waals surface area contributed by atoms with Gasteiger partial charge in [0.25, 0.3) is 0 Å². The Bertz CT molecular complexity index is 1040. The molecule has 0 saturated heterocycles. The molecule has 2 atom stereocenters. The van der Waals surface area contributed by atoms with Crippen LogP contribution in [0.15, 0.2) is 54.6 Å². The van der Waals surface area contributed by atoms with Gasteiger partial charge in [-0.05, 0) is 48.6 Å². The molecule has 0 aromatic heterocycles. The number of carbonyl (C=O) groups is 3. The quantitative estimate of drug-likeness (QED) is 0.0821. The lowest BCUT2D eigenvalue weighted by atomic mass is 9.98. The number of carbonyl (C=O) groups excluding carboxylic acids is 1. The van der Waals surface area contributed by atoms with Crippen LogP contribution in [0.5, 0.6) is 0 Å². The first-order valence-electron chi connectivity index (χ1n) is 12.5. The Morgan fingerprint density at radius 2 is 1.51 bits per heavy atom. The second-order valence-corrected chi connectivity index (χ2v) is 9.59. The molecule has 9 nitrogen and oxygen atoms in total. The summed E-state index contributed by atoms with van der Waals surface area (Å²) in [4.78, 5) is 31.1. The van der Waals surface area contributed by atoms with Gasteiger partial charge in [0.05, 0.1) is 34.9 Å². The molecule has 6 N–H and O–H groups in total. The number of anilines is 1. The molecule has 0 saturated carbocycles. The van der Waals surface area contributed by atoms with E-state index in [4.69, 9.17) is 43.9 Å². The highest BCUT2D eigenvalue weighted by atomic mass is 35.5. The van der Waals surface area contributed by atoms with Crippen LogP contribution in [-0.4, -0.2) is 52.9 Å². The molecule has 2 aromatic rings. The Morgan fingerprint density at radius 1 is 0.949 bits per heavy atom. The Kier molecular flexibility index (Phi) is 16.5. The third kappa shape index (κ3) is 15.2. The molecule has 0 fully saturated rings. The average molecular weight is 584 g/mol. The summed E-state index contributed by atoms with van der Waals surface area (Å²) in [6.45, 7) is 3.71. The lowest BCUT2D eigenvalue weighted by Crippen LogP contribution is -2.22. The van der Waals surface area contributed by atoms with E-state index in [0.29, 0.717) is 53.0 Å². The molecule has 11 heteroatoms. The molecule has 0 aliphatic heterocycles. The molecule has 0 bridgehead atoms. The largest absolute Gasteiger partial charge is 0.478 e. The molecule has 0 spiro atoms. The van der Waals surface area contributed by atoms with E-state index in [1.54, 1.807) is 12.1 Å². The van der Waals surface area contributed by atoms with Gasteiger partial charge in [0, 0.05) is 18.7 Å². The maximum absolute atomic E-state index is 12.0. The lowest BCUT2D eigenvalue weighted by Gasteiger charge is -2.14. The number of nitrogen functional groups attached to an aromatic ring is 1. The number of benzene rings is 2. The molecule has 0 radical (unpaired) electrons. The number of nitrogens with one attached hydrogen (secondary N) is 1. The van der Waals surface area contributed by atoms with Gasteiger partial charge in [-0.3, -0.25) is 4.79 Å². The third-order valence-corrected chi connectivity index (χ3v) is 6.17. The van der Waals surface area contributed by atoms with Gasteiger partial charge in [0.15, 0.2) is 0 Å². The molecule has 214 valence electrons. The van der Waals surface area contributed by atoms with E-state index < -0.39 is 18.0 Å². The Morgan fingerprint density at radius 3 is 2.08 bits per heavy atom. The minimum Gasteiger partial charge on any atom is -0.478 e. The van der Waals surface area contributed by atoms with Crippen molar-refractivity contribution in [2.24, 2.45) is 0 Å². The molecule has 2 aromatic carbocycles. The first kappa shape index (κ1) is 33.9. The first-order valence-corrected chi connectivity index (χ1v) is 13.2. The highest BCUT2D eigenvalue weighted by Gasteiger charge is 2.13. The number of esters is 1. The molecule has 0 heterocycles. The number of halogens is 2. The van der Waals surface area contributed by atoms with E-state index in [-0.39, 0.29) is 11.9 Å². The fourth-order valence-electron chi connectivity index (χ4n) is 3.40. The summed E-state index contributed by atoms with van der Waals surface area (Å²) in [6, 6.07) is 13.3. The van der Waals surface area contributed by atoms with Crippen LogP contribution in [0.3, 0.4) is 0 Å².